The number of amides is 1. The summed E-state index contributed by atoms with van der Waals surface area (Å²) in [6.07, 6.45) is 1.74. The van der Waals surface area contributed by atoms with Crippen LogP contribution in [0.4, 0.5) is 5.69 Å². The Labute approximate surface area is 173 Å². The summed E-state index contributed by atoms with van der Waals surface area (Å²) in [6.45, 7) is 5.39. The van der Waals surface area contributed by atoms with E-state index in [1.165, 1.54) is 0 Å². The fraction of sp³-hybridized carbons (Fsp3) is 0.409. The van der Waals surface area contributed by atoms with E-state index in [-0.39, 0.29) is 24.2 Å². The largest absolute Gasteiger partial charge is 0.496 e. The second kappa shape index (κ2) is 10.3. The molecule has 0 spiro atoms. The van der Waals surface area contributed by atoms with Gasteiger partial charge in [-0.15, -0.1) is 12.4 Å². The van der Waals surface area contributed by atoms with Crippen LogP contribution in [-0.2, 0) is 11.4 Å². The highest BCUT2D eigenvalue weighted by Gasteiger charge is 2.25. The number of nitrogens with one attached hydrogen (secondary N) is 2. The van der Waals surface area contributed by atoms with E-state index in [9.17, 15) is 4.79 Å². The Hall–Kier alpha value is -2.24. The van der Waals surface area contributed by atoms with Gasteiger partial charge >= 0.3 is 0 Å². The Morgan fingerprint density at radius 3 is 2.68 bits per heavy atom. The molecular formula is C22H29ClN2O3. The molecule has 0 aliphatic carbocycles. The summed E-state index contributed by atoms with van der Waals surface area (Å²) >= 11 is 0. The summed E-state index contributed by atoms with van der Waals surface area (Å²) < 4.78 is 11.4. The number of rotatable bonds is 6. The van der Waals surface area contributed by atoms with Crippen LogP contribution in [0.15, 0.2) is 42.5 Å². The van der Waals surface area contributed by atoms with Gasteiger partial charge in [-0.1, -0.05) is 24.3 Å². The summed E-state index contributed by atoms with van der Waals surface area (Å²) in [5, 5.41) is 6.47. The van der Waals surface area contributed by atoms with Gasteiger partial charge in [0.1, 0.15) is 18.1 Å². The molecule has 152 valence electrons. The van der Waals surface area contributed by atoms with E-state index in [1.54, 1.807) is 7.11 Å². The topological polar surface area (TPSA) is 59.6 Å². The molecule has 0 aromatic heterocycles. The zero-order valence-corrected chi connectivity index (χ0v) is 17.5. The number of carbonyl (C=O) groups is 1. The van der Waals surface area contributed by atoms with Gasteiger partial charge in [-0.3, -0.25) is 4.79 Å². The second-order valence-electron chi connectivity index (χ2n) is 7.09. The fourth-order valence-electron chi connectivity index (χ4n) is 3.49. The van der Waals surface area contributed by atoms with Crippen molar-refractivity contribution < 1.29 is 14.3 Å². The maximum absolute atomic E-state index is 12.6. The normalized spacial score (nSPS) is 18.7. The van der Waals surface area contributed by atoms with Gasteiger partial charge in [0, 0.05) is 28.8 Å². The van der Waals surface area contributed by atoms with Crippen molar-refractivity contribution in [3.63, 3.8) is 0 Å². The molecule has 1 amide bonds. The molecule has 0 saturated carbocycles. The smallest absolute Gasteiger partial charge is 0.227 e. The average molecular weight is 405 g/mol. The lowest BCUT2D eigenvalue weighted by Gasteiger charge is -2.27. The molecular weight excluding hydrogens is 376 g/mol. The Bertz CT molecular complexity index is 797. The first-order chi connectivity index (χ1) is 13.1. The predicted octanol–water partition coefficient (Wildman–Crippen LogP) is 4.33. The van der Waals surface area contributed by atoms with E-state index in [4.69, 9.17) is 9.47 Å². The number of anilines is 1. The van der Waals surface area contributed by atoms with Crippen molar-refractivity contribution in [1.29, 1.82) is 0 Å². The molecule has 2 aromatic carbocycles. The van der Waals surface area contributed by atoms with Gasteiger partial charge < -0.3 is 20.1 Å². The van der Waals surface area contributed by atoms with Crippen LogP contribution < -0.4 is 20.1 Å². The van der Waals surface area contributed by atoms with E-state index in [0.717, 1.165) is 47.7 Å². The third-order valence-corrected chi connectivity index (χ3v) is 5.11. The van der Waals surface area contributed by atoms with Crippen molar-refractivity contribution in [2.24, 2.45) is 5.92 Å². The number of benzene rings is 2. The highest BCUT2D eigenvalue weighted by molar-refractivity contribution is 5.93. The molecule has 1 aliphatic rings. The van der Waals surface area contributed by atoms with Gasteiger partial charge in [0.15, 0.2) is 0 Å². The molecule has 2 aromatic rings. The number of halogens is 1. The molecule has 2 atom stereocenters. The summed E-state index contributed by atoms with van der Waals surface area (Å²) in [6, 6.07) is 13.9. The number of piperidine rings is 1. The van der Waals surface area contributed by atoms with Gasteiger partial charge in [-0.2, -0.15) is 0 Å². The molecule has 0 unspecified atom stereocenters. The number of hydrogen-bond acceptors (Lipinski definition) is 4. The van der Waals surface area contributed by atoms with Crippen molar-refractivity contribution in [2.45, 2.75) is 39.3 Å². The summed E-state index contributed by atoms with van der Waals surface area (Å²) in [7, 11) is 1.65. The van der Waals surface area contributed by atoms with Crippen LogP contribution in [0.3, 0.4) is 0 Å². The SMILES string of the molecule is COc1ccccc1COc1cccc(NC(=O)[C@H]2CCN[C@@H](C)C2)c1C.Cl. The van der Waals surface area contributed by atoms with Crippen molar-refractivity contribution >= 4 is 24.0 Å². The molecule has 5 nitrogen and oxygen atoms in total. The third-order valence-electron chi connectivity index (χ3n) is 5.11. The van der Waals surface area contributed by atoms with E-state index < -0.39 is 0 Å². The Kier molecular flexibility index (Phi) is 8.15. The molecule has 1 aliphatic heterocycles. The minimum absolute atomic E-state index is 0. The van der Waals surface area contributed by atoms with E-state index in [2.05, 4.69) is 17.6 Å². The molecule has 3 rings (SSSR count). The van der Waals surface area contributed by atoms with Crippen LogP contribution in [0.25, 0.3) is 0 Å². The minimum Gasteiger partial charge on any atom is -0.496 e. The van der Waals surface area contributed by atoms with Crippen LogP contribution in [0.5, 0.6) is 11.5 Å². The van der Waals surface area contributed by atoms with Crippen molar-refractivity contribution in [3.05, 3.63) is 53.6 Å². The zero-order valence-electron chi connectivity index (χ0n) is 16.7. The number of carbonyl (C=O) groups excluding carboxylic acids is 1. The molecule has 0 bridgehead atoms. The van der Waals surface area contributed by atoms with Gasteiger partial charge in [-0.25, -0.2) is 0 Å². The fourth-order valence-corrected chi connectivity index (χ4v) is 3.49. The van der Waals surface area contributed by atoms with Gasteiger partial charge in [0.2, 0.25) is 5.91 Å². The highest BCUT2D eigenvalue weighted by Crippen LogP contribution is 2.28. The van der Waals surface area contributed by atoms with E-state index in [0.29, 0.717) is 12.6 Å². The molecule has 1 saturated heterocycles. The number of ether oxygens (including phenoxy) is 2. The Balaban J connectivity index is 0.00000280. The van der Waals surface area contributed by atoms with Gasteiger partial charge in [0.05, 0.1) is 7.11 Å². The van der Waals surface area contributed by atoms with E-state index in [1.807, 2.05) is 49.4 Å². The lowest BCUT2D eigenvalue weighted by Crippen LogP contribution is -2.40. The van der Waals surface area contributed by atoms with Gasteiger partial charge in [-0.05, 0) is 51.4 Å². The lowest BCUT2D eigenvalue weighted by molar-refractivity contribution is -0.120. The highest BCUT2D eigenvalue weighted by atomic mass is 35.5. The van der Waals surface area contributed by atoms with Crippen LogP contribution in [0, 0.1) is 12.8 Å². The van der Waals surface area contributed by atoms with Gasteiger partial charge in [0.25, 0.3) is 0 Å². The van der Waals surface area contributed by atoms with Crippen molar-refractivity contribution in [1.82, 2.24) is 5.32 Å². The first-order valence-electron chi connectivity index (χ1n) is 9.47. The van der Waals surface area contributed by atoms with Crippen LogP contribution in [0.1, 0.15) is 30.9 Å². The molecule has 0 radical (unpaired) electrons. The second-order valence-corrected chi connectivity index (χ2v) is 7.09. The molecule has 2 N–H and O–H groups in total. The summed E-state index contributed by atoms with van der Waals surface area (Å²) in [5.74, 6) is 1.71. The Morgan fingerprint density at radius 1 is 1.18 bits per heavy atom. The molecule has 1 heterocycles. The van der Waals surface area contributed by atoms with Crippen LogP contribution >= 0.6 is 12.4 Å². The first kappa shape index (κ1) is 22.1. The predicted molar refractivity (Wildman–Crippen MR) is 115 cm³/mol. The first-order valence-corrected chi connectivity index (χ1v) is 9.47. The molecule has 1 fully saturated rings. The number of methoxy groups -OCH3 is 1. The maximum atomic E-state index is 12.6. The van der Waals surface area contributed by atoms with E-state index >= 15 is 0 Å². The Morgan fingerprint density at radius 2 is 1.93 bits per heavy atom. The minimum atomic E-state index is 0. The third kappa shape index (κ3) is 5.40. The number of hydrogen-bond donors (Lipinski definition) is 2. The molecule has 6 heteroatoms. The zero-order chi connectivity index (χ0) is 19.2. The lowest BCUT2D eigenvalue weighted by atomic mass is 9.92. The van der Waals surface area contributed by atoms with Crippen LogP contribution in [0.2, 0.25) is 0 Å². The summed E-state index contributed by atoms with van der Waals surface area (Å²) in [4.78, 5) is 12.6. The van der Waals surface area contributed by atoms with Crippen molar-refractivity contribution in [2.75, 3.05) is 19.0 Å². The quantitative estimate of drug-likeness (QED) is 0.752. The van der Waals surface area contributed by atoms with Crippen molar-refractivity contribution in [3.8, 4) is 11.5 Å². The standard InChI is InChI=1S/C22H28N2O3.ClH/c1-15-13-17(11-12-23-15)22(25)24-19-8-6-10-20(16(19)2)27-14-18-7-4-5-9-21(18)26-3;/h4-10,15,17,23H,11-14H2,1-3H3,(H,24,25);1H/t15-,17-;/m0./s1. The number of para-hydroxylation sites is 1. The maximum Gasteiger partial charge on any atom is 0.227 e. The average Bonchev–Trinajstić information content (AvgIpc) is 2.68. The molecule has 28 heavy (non-hydrogen) atoms. The monoisotopic (exact) mass is 404 g/mol. The van der Waals surface area contributed by atoms with Crippen LogP contribution in [-0.4, -0.2) is 25.6 Å². The summed E-state index contributed by atoms with van der Waals surface area (Å²) in [5.41, 5.74) is 2.73.